The van der Waals surface area contributed by atoms with Crippen molar-refractivity contribution in [1.82, 2.24) is 14.1 Å². The summed E-state index contributed by atoms with van der Waals surface area (Å²) < 4.78 is 11.7. The van der Waals surface area contributed by atoms with E-state index in [0.29, 0.717) is 0 Å². The number of fused-ring (bicyclic) bond motifs is 11. The van der Waals surface area contributed by atoms with Crippen molar-refractivity contribution in [2.75, 3.05) is 0 Å². The summed E-state index contributed by atoms with van der Waals surface area (Å²) in [6.07, 6.45) is 4.55. The van der Waals surface area contributed by atoms with Crippen LogP contribution in [0.1, 0.15) is 28.8 Å². The van der Waals surface area contributed by atoms with Crippen LogP contribution >= 0.6 is 0 Å². The van der Waals surface area contributed by atoms with E-state index in [4.69, 9.17) is 9.72 Å². The second-order valence-electron chi connectivity index (χ2n) is 14.7. The Labute approximate surface area is 317 Å². The number of pyridine rings is 1. The van der Waals surface area contributed by atoms with Crippen molar-refractivity contribution in [3.63, 3.8) is 0 Å². The Morgan fingerprint density at radius 2 is 1.18 bits per heavy atom. The summed E-state index contributed by atoms with van der Waals surface area (Å²) in [5, 5.41) is 4.85. The van der Waals surface area contributed by atoms with Gasteiger partial charge in [-0.1, -0.05) is 121 Å². The second-order valence-corrected chi connectivity index (χ2v) is 14.7. The number of nitrogens with zero attached hydrogens (tertiary/aromatic N) is 3. The number of para-hydroxylation sites is 4. The van der Waals surface area contributed by atoms with Crippen molar-refractivity contribution in [1.29, 1.82) is 0 Å². The van der Waals surface area contributed by atoms with Gasteiger partial charge in [0.2, 0.25) is 0 Å². The molecule has 0 saturated carbocycles. The fourth-order valence-electron chi connectivity index (χ4n) is 9.23. The molecule has 4 nitrogen and oxygen atoms in total. The summed E-state index contributed by atoms with van der Waals surface area (Å²) in [6, 6.07) is 63.0. The Morgan fingerprint density at radius 3 is 2.04 bits per heavy atom. The van der Waals surface area contributed by atoms with E-state index in [1.54, 1.807) is 0 Å². The van der Waals surface area contributed by atoms with Gasteiger partial charge in [0.1, 0.15) is 11.9 Å². The second kappa shape index (κ2) is 11.7. The predicted molar refractivity (Wildman–Crippen MR) is 225 cm³/mol. The number of rotatable bonds is 4. The van der Waals surface area contributed by atoms with Crippen molar-refractivity contribution >= 4 is 49.7 Å². The van der Waals surface area contributed by atoms with Crippen molar-refractivity contribution < 1.29 is 4.74 Å². The van der Waals surface area contributed by atoms with E-state index in [0.717, 1.165) is 50.5 Å². The molecule has 0 saturated heterocycles. The van der Waals surface area contributed by atoms with Gasteiger partial charge in [0.15, 0.2) is 0 Å². The molecular formula is C51H33N3O. The highest BCUT2D eigenvalue weighted by Gasteiger charge is 2.40. The quantitative estimate of drug-likeness (QED) is 0.183. The van der Waals surface area contributed by atoms with Crippen molar-refractivity contribution in [3.05, 3.63) is 199 Å². The van der Waals surface area contributed by atoms with Crippen LogP contribution in [-0.2, 0) is 0 Å². The van der Waals surface area contributed by atoms with E-state index in [2.05, 4.69) is 197 Å². The normalized spacial score (nSPS) is 15.7. The molecule has 258 valence electrons. The first-order valence-corrected chi connectivity index (χ1v) is 19.0. The lowest BCUT2D eigenvalue weighted by atomic mass is 9.85. The molecule has 2 atom stereocenters. The maximum absolute atomic E-state index is 6.85. The Morgan fingerprint density at radius 1 is 0.491 bits per heavy atom. The SMILES string of the molecule is C1=CC2c3ccccc3OC2c2c1n(-c1ccc(-c3cc(-c4ccccc4)c4ccccc4n3)cc1)c1cc3c(cc21)c1ccccc1n3-c1ccccc1. The molecule has 4 heteroatoms. The van der Waals surface area contributed by atoms with E-state index in [-0.39, 0.29) is 12.0 Å². The standard InChI is InChI=1S/C51H33N3O/c1-3-13-32(14-4-1)40-30-44(52-43-20-10-7-17-36(40)43)33-23-25-35(26-24-33)54-46-28-27-39-38-19-9-12-22-49(38)55-51(39)50(46)42-29-41-37-18-8-11-21-45(37)53(47(41)31-48(42)54)34-15-5-2-6-16-34/h1-31,39,51H. The molecule has 7 aromatic carbocycles. The fraction of sp³-hybridized carbons (Fsp3) is 0.0392. The maximum atomic E-state index is 6.85. The van der Waals surface area contributed by atoms with Crippen LogP contribution in [0.2, 0.25) is 0 Å². The van der Waals surface area contributed by atoms with Gasteiger partial charge in [0.25, 0.3) is 0 Å². The number of ether oxygens (including phenoxy) is 1. The summed E-state index contributed by atoms with van der Waals surface area (Å²) in [4.78, 5) is 5.16. The first-order chi connectivity index (χ1) is 27.3. The molecule has 0 spiro atoms. The average Bonchev–Trinajstić information content (AvgIpc) is 3.90. The summed E-state index contributed by atoms with van der Waals surface area (Å²) in [5.41, 5.74) is 14.8. The molecule has 0 fully saturated rings. The largest absolute Gasteiger partial charge is 0.484 e. The minimum absolute atomic E-state index is 0.112. The van der Waals surface area contributed by atoms with E-state index >= 15 is 0 Å². The van der Waals surface area contributed by atoms with Gasteiger partial charge in [-0.3, -0.25) is 0 Å². The molecule has 55 heavy (non-hydrogen) atoms. The van der Waals surface area contributed by atoms with E-state index in [1.807, 2.05) is 0 Å². The minimum atomic E-state index is -0.112. The van der Waals surface area contributed by atoms with E-state index in [9.17, 15) is 0 Å². The summed E-state index contributed by atoms with van der Waals surface area (Å²) in [6.45, 7) is 0. The van der Waals surface area contributed by atoms with Crippen LogP contribution in [0, 0.1) is 0 Å². The first kappa shape index (κ1) is 30.3. The highest BCUT2D eigenvalue weighted by molar-refractivity contribution is 6.14. The fourth-order valence-corrected chi connectivity index (χ4v) is 9.23. The van der Waals surface area contributed by atoms with Crippen LogP contribution in [0.4, 0.5) is 0 Å². The Balaban J connectivity index is 1.09. The van der Waals surface area contributed by atoms with Gasteiger partial charge in [-0.15, -0.1) is 0 Å². The van der Waals surface area contributed by atoms with E-state index in [1.165, 1.54) is 49.4 Å². The van der Waals surface area contributed by atoms with Crippen molar-refractivity contribution in [3.8, 4) is 39.5 Å². The highest BCUT2D eigenvalue weighted by atomic mass is 16.5. The van der Waals surface area contributed by atoms with Crippen LogP contribution in [0.5, 0.6) is 5.75 Å². The van der Waals surface area contributed by atoms with Gasteiger partial charge < -0.3 is 13.9 Å². The maximum Gasteiger partial charge on any atom is 0.137 e. The van der Waals surface area contributed by atoms with Crippen molar-refractivity contribution in [2.45, 2.75) is 12.0 Å². The predicted octanol–water partition coefficient (Wildman–Crippen LogP) is 12.9. The third-order valence-corrected chi connectivity index (χ3v) is 11.7. The van der Waals surface area contributed by atoms with Gasteiger partial charge in [-0.25, -0.2) is 4.98 Å². The third-order valence-electron chi connectivity index (χ3n) is 11.7. The molecule has 0 bridgehead atoms. The van der Waals surface area contributed by atoms with Gasteiger partial charge in [-0.2, -0.15) is 0 Å². The Hall–Kier alpha value is -7.17. The smallest absolute Gasteiger partial charge is 0.137 e. The molecule has 2 unspecified atom stereocenters. The van der Waals surface area contributed by atoms with E-state index < -0.39 is 0 Å². The highest BCUT2D eigenvalue weighted by Crippen LogP contribution is 2.53. The molecule has 0 amide bonds. The topological polar surface area (TPSA) is 32.0 Å². The number of benzene rings is 7. The van der Waals surface area contributed by atoms with Gasteiger partial charge in [-0.05, 0) is 77.9 Å². The van der Waals surface area contributed by atoms with Crippen molar-refractivity contribution in [2.24, 2.45) is 0 Å². The van der Waals surface area contributed by atoms with Gasteiger partial charge in [0, 0.05) is 55.5 Å². The van der Waals surface area contributed by atoms with Crippen LogP contribution in [0.15, 0.2) is 182 Å². The van der Waals surface area contributed by atoms with Gasteiger partial charge >= 0.3 is 0 Å². The molecule has 10 aromatic rings. The van der Waals surface area contributed by atoms with Crippen LogP contribution in [0.25, 0.3) is 83.4 Å². The van der Waals surface area contributed by atoms with Gasteiger partial charge in [0.05, 0.1) is 33.5 Å². The molecule has 1 aliphatic heterocycles. The number of hydrogen-bond acceptors (Lipinski definition) is 2. The monoisotopic (exact) mass is 703 g/mol. The lowest BCUT2D eigenvalue weighted by Gasteiger charge is -2.22. The number of aromatic nitrogens is 3. The zero-order valence-electron chi connectivity index (χ0n) is 29.8. The third kappa shape index (κ3) is 4.49. The Bertz CT molecular complexity index is 3170. The molecule has 0 radical (unpaired) electrons. The molecule has 3 aromatic heterocycles. The summed E-state index contributed by atoms with van der Waals surface area (Å²) in [7, 11) is 0. The molecule has 12 rings (SSSR count). The zero-order chi connectivity index (χ0) is 36.0. The molecule has 0 N–H and O–H groups in total. The minimum Gasteiger partial charge on any atom is -0.484 e. The number of hydrogen-bond donors (Lipinski definition) is 0. The lowest BCUT2D eigenvalue weighted by molar-refractivity contribution is 0.224. The lowest BCUT2D eigenvalue weighted by Crippen LogP contribution is -2.13. The van der Waals surface area contributed by atoms with Crippen LogP contribution < -0.4 is 4.74 Å². The molecule has 2 aliphatic rings. The molecule has 1 aliphatic carbocycles. The first-order valence-electron chi connectivity index (χ1n) is 19.0. The molecular weight excluding hydrogens is 671 g/mol. The van der Waals surface area contributed by atoms with Crippen LogP contribution in [0.3, 0.4) is 0 Å². The summed E-state index contributed by atoms with van der Waals surface area (Å²) in [5.74, 6) is 1.13. The summed E-state index contributed by atoms with van der Waals surface area (Å²) >= 11 is 0. The average molecular weight is 704 g/mol. The molecule has 4 heterocycles. The zero-order valence-corrected chi connectivity index (χ0v) is 29.8. The van der Waals surface area contributed by atoms with Crippen LogP contribution in [-0.4, -0.2) is 14.1 Å². The Kier molecular flexibility index (Phi) is 6.43.